The maximum Gasteiger partial charge on any atom is 0.272 e. The van der Waals surface area contributed by atoms with Gasteiger partial charge in [-0.05, 0) is 113 Å². The normalized spacial score (nSPS) is 14.3. The molecule has 0 saturated carbocycles. The molecule has 6 aromatic rings. The van der Waals surface area contributed by atoms with Crippen molar-refractivity contribution in [1.82, 2.24) is 29.4 Å². The van der Waals surface area contributed by atoms with Crippen LogP contribution in [0.25, 0.3) is 11.4 Å². The first-order valence-electron chi connectivity index (χ1n) is 19.6. The fraction of sp³-hybridized carbons (Fsp3) is 0.304. The topological polar surface area (TPSA) is 92.0 Å². The summed E-state index contributed by atoms with van der Waals surface area (Å²) < 4.78 is 8.76. The number of methoxy groups -OCH3 is 1. The molecule has 4 aromatic carbocycles. The highest BCUT2D eigenvalue weighted by atomic mass is 16.5. The second kappa shape index (κ2) is 17.2. The molecule has 0 bridgehead atoms. The van der Waals surface area contributed by atoms with Gasteiger partial charge in [-0.3, -0.25) is 9.59 Å². The van der Waals surface area contributed by atoms with Crippen molar-refractivity contribution in [1.29, 1.82) is 0 Å². The predicted octanol–water partition coefficient (Wildman–Crippen LogP) is 7.22. The molecule has 0 aliphatic carbocycles. The van der Waals surface area contributed by atoms with Crippen LogP contribution in [0.3, 0.4) is 0 Å². The molecule has 8 rings (SSSR count). The maximum absolute atomic E-state index is 13.2. The van der Waals surface area contributed by atoms with Gasteiger partial charge in [-0.25, -0.2) is 9.36 Å². The van der Waals surface area contributed by atoms with Gasteiger partial charge < -0.3 is 24.3 Å². The average molecular weight is 765 g/mol. The summed E-state index contributed by atoms with van der Waals surface area (Å²) in [6, 6.07) is 36.5. The van der Waals surface area contributed by atoms with E-state index in [1.807, 2.05) is 103 Å². The van der Waals surface area contributed by atoms with Crippen LogP contribution in [0.2, 0.25) is 0 Å². The molecule has 0 N–H and O–H groups in total. The number of anilines is 2. The zero-order valence-electron chi connectivity index (χ0n) is 33.9. The number of carbonyl (C=O) groups is 2. The molecule has 2 amide bonds. The number of rotatable bonds is 7. The van der Waals surface area contributed by atoms with Gasteiger partial charge in [-0.2, -0.15) is 10.2 Å². The van der Waals surface area contributed by atoms with Crippen LogP contribution in [0.1, 0.15) is 49.1 Å². The summed E-state index contributed by atoms with van der Waals surface area (Å²) in [5, 5.41) is 9.11. The van der Waals surface area contributed by atoms with Crippen LogP contribution in [0.4, 0.5) is 11.4 Å². The van der Waals surface area contributed by atoms with Crippen molar-refractivity contribution in [3.05, 3.63) is 149 Å². The summed E-state index contributed by atoms with van der Waals surface area (Å²) >= 11 is 0. The Kier molecular flexibility index (Phi) is 11.7. The van der Waals surface area contributed by atoms with Crippen molar-refractivity contribution in [2.45, 2.75) is 34.6 Å². The Hall–Kier alpha value is -6.36. The van der Waals surface area contributed by atoms with Crippen LogP contribution in [0.15, 0.2) is 109 Å². The number of carbonyl (C=O) groups excluding carboxylic acids is 2. The molecule has 0 unspecified atom stereocenters. The molecule has 0 radical (unpaired) electrons. The fourth-order valence-electron chi connectivity index (χ4n) is 7.35. The Morgan fingerprint density at radius 3 is 1.32 bits per heavy atom. The lowest BCUT2D eigenvalue weighted by atomic mass is 10.2. The third kappa shape index (κ3) is 9.04. The minimum Gasteiger partial charge on any atom is -0.497 e. The van der Waals surface area contributed by atoms with Crippen molar-refractivity contribution in [2.24, 2.45) is 0 Å². The van der Waals surface area contributed by atoms with Gasteiger partial charge >= 0.3 is 0 Å². The fourth-order valence-corrected chi connectivity index (χ4v) is 7.35. The van der Waals surface area contributed by atoms with E-state index < -0.39 is 0 Å². The van der Waals surface area contributed by atoms with E-state index in [0.29, 0.717) is 37.6 Å². The molecule has 2 saturated heterocycles. The summed E-state index contributed by atoms with van der Waals surface area (Å²) in [5.74, 6) is 0.924. The van der Waals surface area contributed by atoms with E-state index in [9.17, 15) is 9.59 Å². The molecule has 2 aliphatic heterocycles. The molecule has 11 heteroatoms. The molecule has 2 aliphatic rings. The lowest BCUT2D eigenvalue weighted by molar-refractivity contribution is 0.0730. The number of benzene rings is 4. The quantitative estimate of drug-likeness (QED) is 0.170. The Bertz CT molecular complexity index is 2300. The molecule has 4 heterocycles. The van der Waals surface area contributed by atoms with Gasteiger partial charge in [-0.1, -0.05) is 47.5 Å². The lowest BCUT2D eigenvalue weighted by Crippen LogP contribution is -2.49. The Morgan fingerprint density at radius 1 is 0.474 bits per heavy atom. The van der Waals surface area contributed by atoms with Gasteiger partial charge in [0.1, 0.15) is 17.1 Å². The van der Waals surface area contributed by atoms with Crippen LogP contribution in [-0.4, -0.2) is 101 Å². The van der Waals surface area contributed by atoms with E-state index in [0.717, 1.165) is 60.4 Å². The van der Waals surface area contributed by atoms with Gasteiger partial charge in [0.2, 0.25) is 0 Å². The maximum atomic E-state index is 13.2. The van der Waals surface area contributed by atoms with E-state index in [4.69, 9.17) is 4.74 Å². The van der Waals surface area contributed by atoms with Gasteiger partial charge in [0.15, 0.2) is 0 Å². The average Bonchev–Trinajstić information content (AvgIpc) is 3.83. The Balaban J connectivity index is 0.000000174. The number of amides is 2. The van der Waals surface area contributed by atoms with Crippen molar-refractivity contribution >= 4 is 23.2 Å². The second-order valence-electron chi connectivity index (χ2n) is 14.9. The predicted molar refractivity (Wildman–Crippen MR) is 226 cm³/mol. The number of ether oxygens (including phenoxy) is 1. The van der Waals surface area contributed by atoms with Crippen LogP contribution in [0, 0.1) is 34.6 Å². The monoisotopic (exact) mass is 764 g/mol. The molecular weight excluding hydrogens is 713 g/mol. The van der Waals surface area contributed by atoms with E-state index in [-0.39, 0.29) is 11.8 Å². The highest BCUT2D eigenvalue weighted by molar-refractivity contribution is 5.94. The second-order valence-corrected chi connectivity index (χ2v) is 14.9. The number of aryl methyl sites for hydroxylation is 5. The molecule has 294 valence electrons. The lowest BCUT2D eigenvalue weighted by Gasteiger charge is -2.36. The Morgan fingerprint density at radius 2 is 0.895 bits per heavy atom. The number of piperazine rings is 2. The molecule has 0 spiro atoms. The van der Waals surface area contributed by atoms with Crippen molar-refractivity contribution in [2.75, 3.05) is 69.3 Å². The SMILES string of the molecule is COc1ccc(N2CCN(C(=O)c3cc(C)nn3-c3ccc(C)cc3)CC2)cc1.Cc1ccc(-n2nc(C)cc2C(=O)N2CCN(c3cccc(C)c3)CC2)cc1. The number of aromatic nitrogens is 4. The van der Waals surface area contributed by atoms with E-state index in [2.05, 4.69) is 70.2 Å². The van der Waals surface area contributed by atoms with Crippen molar-refractivity contribution in [3.63, 3.8) is 0 Å². The standard InChI is InChI=1S/C23H26N4O2.C23H26N4O/c1-17-4-6-20(7-5-17)27-22(16-18(2)24-27)23(28)26-14-12-25(13-15-26)19-8-10-21(29-3)11-9-19;1-17-7-9-20(10-8-17)27-22(16-19(3)24-27)23(28)26-13-11-25(12-14-26)21-6-4-5-18(2)15-21/h4-11,16H,12-15H2,1-3H3;4-10,15-16H,11-14H2,1-3H3. The molecule has 57 heavy (non-hydrogen) atoms. The molecular formula is C46H52N8O3. The van der Waals surface area contributed by atoms with Crippen LogP contribution in [0.5, 0.6) is 5.75 Å². The largest absolute Gasteiger partial charge is 0.497 e. The van der Waals surface area contributed by atoms with Crippen LogP contribution < -0.4 is 14.5 Å². The first-order chi connectivity index (χ1) is 27.6. The minimum atomic E-state index is 0.0283. The highest BCUT2D eigenvalue weighted by Crippen LogP contribution is 2.23. The number of hydrogen-bond acceptors (Lipinski definition) is 7. The van der Waals surface area contributed by atoms with Crippen molar-refractivity contribution in [3.8, 4) is 17.1 Å². The number of nitrogens with zero attached hydrogens (tertiary/aromatic N) is 8. The molecule has 11 nitrogen and oxygen atoms in total. The van der Waals surface area contributed by atoms with E-state index in [1.165, 1.54) is 22.4 Å². The van der Waals surface area contributed by atoms with Crippen LogP contribution >= 0.6 is 0 Å². The third-order valence-electron chi connectivity index (χ3n) is 10.6. The zero-order valence-corrected chi connectivity index (χ0v) is 33.9. The highest BCUT2D eigenvalue weighted by Gasteiger charge is 2.27. The molecule has 2 aromatic heterocycles. The smallest absolute Gasteiger partial charge is 0.272 e. The van der Waals surface area contributed by atoms with Gasteiger partial charge in [-0.15, -0.1) is 0 Å². The van der Waals surface area contributed by atoms with Crippen LogP contribution in [-0.2, 0) is 0 Å². The Labute approximate surface area is 335 Å². The zero-order chi connectivity index (χ0) is 40.1. The number of hydrogen-bond donors (Lipinski definition) is 0. The van der Waals surface area contributed by atoms with E-state index in [1.54, 1.807) is 16.5 Å². The first-order valence-corrected chi connectivity index (χ1v) is 19.6. The summed E-state index contributed by atoms with van der Waals surface area (Å²) in [4.78, 5) is 34.9. The van der Waals surface area contributed by atoms with Crippen molar-refractivity contribution < 1.29 is 14.3 Å². The molecule has 2 fully saturated rings. The summed E-state index contributed by atoms with van der Waals surface area (Å²) in [6.45, 7) is 16.1. The van der Waals surface area contributed by atoms with Gasteiger partial charge in [0.25, 0.3) is 11.8 Å². The van der Waals surface area contributed by atoms with Gasteiger partial charge in [0, 0.05) is 63.7 Å². The summed E-state index contributed by atoms with van der Waals surface area (Å²) in [6.07, 6.45) is 0. The minimum absolute atomic E-state index is 0.0283. The summed E-state index contributed by atoms with van der Waals surface area (Å²) in [5.41, 5.74) is 10.8. The molecule has 0 atom stereocenters. The van der Waals surface area contributed by atoms with Gasteiger partial charge in [0.05, 0.1) is 29.9 Å². The first kappa shape index (κ1) is 38.9. The summed E-state index contributed by atoms with van der Waals surface area (Å²) in [7, 11) is 1.67. The van der Waals surface area contributed by atoms with E-state index >= 15 is 0 Å². The third-order valence-corrected chi connectivity index (χ3v) is 10.6.